The lowest BCUT2D eigenvalue weighted by atomic mass is 9.94. The summed E-state index contributed by atoms with van der Waals surface area (Å²) in [7, 11) is 1.62. The largest absolute Gasteiger partial charge is 0.492 e. The minimum absolute atomic E-state index is 0.507. The van der Waals surface area contributed by atoms with Crippen LogP contribution < -0.4 is 4.74 Å². The van der Waals surface area contributed by atoms with Crippen molar-refractivity contribution in [3.63, 3.8) is 0 Å². The molecule has 4 nitrogen and oxygen atoms in total. The quantitative estimate of drug-likeness (QED) is 0.791. The molecule has 0 aromatic carbocycles. The molecule has 4 heteroatoms. The molecule has 0 bridgehead atoms. The Balaban J connectivity index is 2.75. The van der Waals surface area contributed by atoms with E-state index >= 15 is 0 Å². The molecule has 0 spiro atoms. The van der Waals surface area contributed by atoms with Gasteiger partial charge in [-0.3, -0.25) is 4.98 Å². The Kier molecular flexibility index (Phi) is 5.38. The van der Waals surface area contributed by atoms with Crippen LogP contribution in [-0.2, 0) is 10.3 Å². The van der Waals surface area contributed by atoms with Crippen LogP contribution in [0.4, 0.5) is 0 Å². The van der Waals surface area contributed by atoms with E-state index in [1.165, 1.54) is 0 Å². The van der Waals surface area contributed by atoms with Gasteiger partial charge in [0.2, 0.25) is 0 Å². The first kappa shape index (κ1) is 13.9. The van der Waals surface area contributed by atoms with Crippen molar-refractivity contribution in [2.24, 2.45) is 0 Å². The fraction of sp³-hybridized carbons (Fsp3) is 0.615. The molecule has 1 atom stereocenters. The number of ether oxygens (including phenoxy) is 2. The molecule has 96 valence electrons. The van der Waals surface area contributed by atoms with Crippen molar-refractivity contribution in [2.45, 2.75) is 32.3 Å². The second kappa shape index (κ2) is 6.57. The van der Waals surface area contributed by atoms with Crippen LogP contribution in [-0.4, -0.2) is 30.4 Å². The van der Waals surface area contributed by atoms with Crippen molar-refractivity contribution in [3.8, 4) is 5.75 Å². The molecule has 1 aromatic heterocycles. The summed E-state index contributed by atoms with van der Waals surface area (Å²) in [6.45, 7) is 4.97. The van der Waals surface area contributed by atoms with E-state index in [1.54, 1.807) is 26.4 Å². The normalized spacial score (nSPS) is 14.4. The smallest absolute Gasteiger partial charge is 0.137 e. The van der Waals surface area contributed by atoms with Gasteiger partial charge in [0.25, 0.3) is 0 Å². The van der Waals surface area contributed by atoms with Crippen molar-refractivity contribution in [3.05, 3.63) is 24.0 Å². The SMILES string of the molecule is CCCOc1cncc(C(C)(O)CCOC)c1. The molecule has 17 heavy (non-hydrogen) atoms. The third-order valence-corrected chi connectivity index (χ3v) is 2.60. The van der Waals surface area contributed by atoms with Gasteiger partial charge in [0, 0.05) is 31.9 Å². The van der Waals surface area contributed by atoms with Gasteiger partial charge in [0.1, 0.15) is 5.75 Å². The highest BCUT2D eigenvalue weighted by atomic mass is 16.5. The second-order valence-corrected chi connectivity index (χ2v) is 4.27. The van der Waals surface area contributed by atoms with Gasteiger partial charge in [-0.1, -0.05) is 6.92 Å². The lowest BCUT2D eigenvalue weighted by molar-refractivity contribution is 0.0205. The molecule has 0 saturated carbocycles. The van der Waals surface area contributed by atoms with Crippen molar-refractivity contribution in [1.82, 2.24) is 4.98 Å². The summed E-state index contributed by atoms with van der Waals surface area (Å²) in [4.78, 5) is 4.09. The summed E-state index contributed by atoms with van der Waals surface area (Å²) in [5.41, 5.74) is -0.183. The first-order chi connectivity index (χ1) is 8.10. The van der Waals surface area contributed by atoms with E-state index in [0.29, 0.717) is 25.4 Å². The highest BCUT2D eigenvalue weighted by Gasteiger charge is 2.23. The van der Waals surface area contributed by atoms with Crippen LogP contribution in [0.5, 0.6) is 5.75 Å². The summed E-state index contributed by atoms with van der Waals surface area (Å²) in [5.74, 6) is 0.696. The van der Waals surface area contributed by atoms with Crippen molar-refractivity contribution < 1.29 is 14.6 Å². The van der Waals surface area contributed by atoms with Gasteiger partial charge in [-0.2, -0.15) is 0 Å². The standard InChI is InChI=1S/C13H21NO3/c1-4-6-17-12-8-11(9-14-10-12)13(2,15)5-7-16-3/h8-10,15H,4-7H2,1-3H3. The zero-order valence-corrected chi connectivity index (χ0v) is 10.8. The summed E-state index contributed by atoms with van der Waals surface area (Å²) in [5, 5.41) is 10.3. The van der Waals surface area contributed by atoms with E-state index in [4.69, 9.17) is 9.47 Å². The van der Waals surface area contributed by atoms with E-state index < -0.39 is 5.60 Å². The maximum atomic E-state index is 10.3. The van der Waals surface area contributed by atoms with Crippen LogP contribution in [0.15, 0.2) is 18.5 Å². The van der Waals surface area contributed by atoms with Crippen molar-refractivity contribution >= 4 is 0 Å². The predicted octanol–water partition coefficient (Wildman–Crippen LogP) is 2.11. The maximum Gasteiger partial charge on any atom is 0.137 e. The molecule has 0 aliphatic carbocycles. The number of methoxy groups -OCH3 is 1. The minimum atomic E-state index is -0.936. The van der Waals surface area contributed by atoms with Gasteiger partial charge in [-0.15, -0.1) is 0 Å². The Bertz CT molecular complexity index is 339. The van der Waals surface area contributed by atoms with Crippen molar-refractivity contribution in [1.29, 1.82) is 0 Å². The monoisotopic (exact) mass is 239 g/mol. The number of hydrogen-bond acceptors (Lipinski definition) is 4. The Morgan fingerprint density at radius 2 is 2.12 bits per heavy atom. The third kappa shape index (κ3) is 4.32. The Morgan fingerprint density at radius 3 is 2.76 bits per heavy atom. The van der Waals surface area contributed by atoms with E-state index in [0.717, 1.165) is 12.0 Å². The highest BCUT2D eigenvalue weighted by Crippen LogP contribution is 2.26. The Hall–Kier alpha value is -1.13. The van der Waals surface area contributed by atoms with Gasteiger partial charge in [-0.25, -0.2) is 0 Å². The highest BCUT2D eigenvalue weighted by molar-refractivity contribution is 5.27. The van der Waals surface area contributed by atoms with Gasteiger partial charge < -0.3 is 14.6 Å². The number of pyridine rings is 1. The average molecular weight is 239 g/mol. The number of aromatic nitrogens is 1. The van der Waals surface area contributed by atoms with Gasteiger partial charge >= 0.3 is 0 Å². The van der Waals surface area contributed by atoms with Gasteiger partial charge in [0.05, 0.1) is 18.4 Å². The number of aliphatic hydroxyl groups is 1. The number of nitrogens with zero attached hydrogens (tertiary/aromatic N) is 1. The van der Waals surface area contributed by atoms with Gasteiger partial charge in [-0.05, 0) is 19.4 Å². The molecule has 0 saturated heterocycles. The minimum Gasteiger partial charge on any atom is -0.492 e. The van der Waals surface area contributed by atoms with E-state index in [9.17, 15) is 5.11 Å². The summed E-state index contributed by atoms with van der Waals surface area (Å²) in [6, 6.07) is 1.83. The molecule has 1 aromatic rings. The maximum absolute atomic E-state index is 10.3. The molecule has 0 aliphatic heterocycles. The average Bonchev–Trinajstić information content (AvgIpc) is 2.34. The summed E-state index contributed by atoms with van der Waals surface area (Å²) < 4.78 is 10.5. The van der Waals surface area contributed by atoms with Crippen LogP contribution in [0.25, 0.3) is 0 Å². The van der Waals surface area contributed by atoms with Gasteiger partial charge in [0.15, 0.2) is 0 Å². The number of hydrogen-bond donors (Lipinski definition) is 1. The molecular weight excluding hydrogens is 218 g/mol. The molecule has 1 N–H and O–H groups in total. The molecule has 0 aliphatic rings. The predicted molar refractivity (Wildman–Crippen MR) is 66.1 cm³/mol. The zero-order valence-electron chi connectivity index (χ0n) is 10.8. The molecule has 1 rings (SSSR count). The van der Waals surface area contributed by atoms with Crippen LogP contribution >= 0.6 is 0 Å². The lowest BCUT2D eigenvalue weighted by Crippen LogP contribution is -2.23. The van der Waals surface area contributed by atoms with Crippen molar-refractivity contribution in [2.75, 3.05) is 20.3 Å². The summed E-state index contributed by atoms with van der Waals surface area (Å²) >= 11 is 0. The molecule has 1 heterocycles. The molecular formula is C13H21NO3. The fourth-order valence-corrected chi connectivity index (χ4v) is 1.46. The van der Waals surface area contributed by atoms with Crippen LogP contribution in [0, 0.1) is 0 Å². The molecule has 0 radical (unpaired) electrons. The summed E-state index contributed by atoms with van der Waals surface area (Å²) in [6.07, 6.45) is 4.80. The number of rotatable bonds is 7. The third-order valence-electron chi connectivity index (χ3n) is 2.60. The molecule has 1 unspecified atom stereocenters. The second-order valence-electron chi connectivity index (χ2n) is 4.27. The molecule has 0 fully saturated rings. The Labute approximate surface area is 103 Å². The van der Waals surface area contributed by atoms with Crippen LogP contribution in [0.1, 0.15) is 32.3 Å². The Morgan fingerprint density at radius 1 is 1.35 bits per heavy atom. The first-order valence-corrected chi connectivity index (χ1v) is 5.90. The van der Waals surface area contributed by atoms with E-state index in [-0.39, 0.29) is 0 Å². The topological polar surface area (TPSA) is 51.6 Å². The first-order valence-electron chi connectivity index (χ1n) is 5.90. The fourth-order valence-electron chi connectivity index (χ4n) is 1.46. The molecule has 0 amide bonds. The lowest BCUT2D eigenvalue weighted by Gasteiger charge is -2.23. The van der Waals surface area contributed by atoms with Crippen LogP contribution in [0.2, 0.25) is 0 Å². The van der Waals surface area contributed by atoms with E-state index in [1.807, 2.05) is 13.0 Å². The zero-order chi connectivity index (χ0) is 12.7. The van der Waals surface area contributed by atoms with Crippen LogP contribution in [0.3, 0.4) is 0 Å². The van der Waals surface area contributed by atoms with E-state index in [2.05, 4.69) is 4.98 Å².